The molecule has 2 amide bonds. The van der Waals surface area contributed by atoms with Crippen molar-refractivity contribution < 1.29 is 14.0 Å². The Kier molecular flexibility index (Phi) is 6.48. The number of nitrogens with zero attached hydrogens (tertiary/aromatic N) is 2. The maximum Gasteiger partial charge on any atom is 0.242 e. The third-order valence-corrected chi connectivity index (χ3v) is 5.78. The zero-order valence-corrected chi connectivity index (χ0v) is 17.5. The number of amides is 2. The molecule has 0 spiro atoms. The first kappa shape index (κ1) is 19.8. The molecule has 3 rings (SSSR count). The molecule has 1 N–H and O–H groups in total. The molecule has 140 valence electrons. The summed E-state index contributed by atoms with van der Waals surface area (Å²) >= 11 is 3.51. The predicted octanol–water partition coefficient (Wildman–Crippen LogP) is 4.41. The van der Waals surface area contributed by atoms with E-state index in [0.717, 1.165) is 9.26 Å². The lowest BCUT2D eigenvalue weighted by atomic mass is 10.2. The number of nitrogens with one attached hydrogen (secondary N) is 1. The summed E-state index contributed by atoms with van der Waals surface area (Å²) in [6.45, 7) is 2.37. The molecule has 0 aliphatic carbocycles. The zero-order chi connectivity index (χ0) is 19.4. The van der Waals surface area contributed by atoms with E-state index < -0.39 is 5.25 Å². The van der Waals surface area contributed by atoms with Crippen LogP contribution in [-0.4, -0.2) is 33.7 Å². The van der Waals surface area contributed by atoms with Gasteiger partial charge < -0.3 is 5.32 Å². The molecule has 1 fully saturated rings. The minimum absolute atomic E-state index is 0.0308. The van der Waals surface area contributed by atoms with Crippen molar-refractivity contribution in [1.82, 2.24) is 4.90 Å². The number of carbonyl (C=O) groups is 2. The van der Waals surface area contributed by atoms with Crippen LogP contribution < -0.4 is 5.32 Å². The Labute approximate surface area is 174 Å². The van der Waals surface area contributed by atoms with Crippen LogP contribution in [0.15, 0.2) is 53.5 Å². The van der Waals surface area contributed by atoms with Gasteiger partial charge in [-0.3, -0.25) is 14.5 Å². The standard InChI is InChI=1S/C19H17FIN3O2S/c1-2-24-18(26)16(11-17(25)22-14-7-3-12(20)4-8-14)27-19(24)23-15-9-5-13(21)6-10-15/h3-10,16H,2,11H2,1H3,(H,22,25)/t16-/m0/s1. The van der Waals surface area contributed by atoms with E-state index >= 15 is 0 Å². The first-order valence-corrected chi connectivity index (χ1v) is 10.3. The molecule has 0 saturated carbocycles. The van der Waals surface area contributed by atoms with Gasteiger partial charge in [0.2, 0.25) is 11.8 Å². The van der Waals surface area contributed by atoms with Gasteiger partial charge in [0.1, 0.15) is 11.1 Å². The molecular weight excluding hydrogens is 480 g/mol. The average Bonchev–Trinajstić information content (AvgIpc) is 2.93. The van der Waals surface area contributed by atoms with Crippen molar-refractivity contribution >= 4 is 62.7 Å². The van der Waals surface area contributed by atoms with Crippen LogP contribution in [0.3, 0.4) is 0 Å². The summed E-state index contributed by atoms with van der Waals surface area (Å²) in [4.78, 5) is 31.0. The van der Waals surface area contributed by atoms with Gasteiger partial charge in [-0.2, -0.15) is 0 Å². The Bertz CT molecular complexity index is 872. The number of thioether (sulfide) groups is 1. The molecule has 1 atom stereocenters. The van der Waals surface area contributed by atoms with Crippen molar-refractivity contribution in [1.29, 1.82) is 0 Å². The van der Waals surface area contributed by atoms with E-state index in [9.17, 15) is 14.0 Å². The van der Waals surface area contributed by atoms with Crippen LogP contribution >= 0.6 is 34.4 Å². The van der Waals surface area contributed by atoms with Gasteiger partial charge in [0.25, 0.3) is 0 Å². The second kappa shape index (κ2) is 8.83. The fourth-order valence-corrected chi connectivity index (χ4v) is 4.14. The van der Waals surface area contributed by atoms with E-state index in [2.05, 4.69) is 32.9 Å². The molecule has 1 aliphatic rings. The Morgan fingerprint density at radius 2 is 1.89 bits per heavy atom. The predicted molar refractivity (Wildman–Crippen MR) is 115 cm³/mol. The van der Waals surface area contributed by atoms with E-state index in [-0.39, 0.29) is 24.1 Å². The third kappa shape index (κ3) is 5.07. The van der Waals surface area contributed by atoms with E-state index in [1.165, 1.54) is 36.0 Å². The molecule has 0 bridgehead atoms. The number of carbonyl (C=O) groups excluding carboxylic acids is 2. The molecule has 1 heterocycles. The smallest absolute Gasteiger partial charge is 0.242 e. The van der Waals surface area contributed by atoms with Gasteiger partial charge in [0, 0.05) is 22.2 Å². The Morgan fingerprint density at radius 3 is 2.52 bits per heavy atom. The molecule has 1 saturated heterocycles. The zero-order valence-electron chi connectivity index (χ0n) is 14.5. The van der Waals surface area contributed by atoms with Crippen LogP contribution in [-0.2, 0) is 9.59 Å². The number of hydrogen-bond donors (Lipinski definition) is 1. The van der Waals surface area contributed by atoms with Gasteiger partial charge in [-0.1, -0.05) is 11.8 Å². The Balaban J connectivity index is 1.69. The number of anilines is 1. The highest BCUT2D eigenvalue weighted by molar-refractivity contribution is 14.1. The highest BCUT2D eigenvalue weighted by atomic mass is 127. The molecule has 8 heteroatoms. The van der Waals surface area contributed by atoms with Gasteiger partial charge in [-0.25, -0.2) is 9.38 Å². The second-order valence-corrected chi connectivity index (χ2v) is 8.23. The minimum Gasteiger partial charge on any atom is -0.326 e. The molecule has 5 nitrogen and oxygen atoms in total. The van der Waals surface area contributed by atoms with E-state index in [0.29, 0.717) is 17.4 Å². The van der Waals surface area contributed by atoms with Crippen molar-refractivity contribution in [3.8, 4) is 0 Å². The SMILES string of the molecule is CCN1C(=O)[C@H](CC(=O)Nc2ccc(F)cc2)SC1=Nc1ccc(I)cc1. The quantitative estimate of drug-likeness (QED) is 0.623. The Hall–Kier alpha value is -1.94. The largest absolute Gasteiger partial charge is 0.326 e. The van der Waals surface area contributed by atoms with Crippen molar-refractivity contribution in [3.05, 3.63) is 57.9 Å². The maximum atomic E-state index is 12.9. The summed E-state index contributed by atoms with van der Waals surface area (Å²) < 4.78 is 14.1. The lowest BCUT2D eigenvalue weighted by Gasteiger charge is -2.13. The fraction of sp³-hybridized carbons (Fsp3) is 0.211. The van der Waals surface area contributed by atoms with Crippen LogP contribution in [0, 0.1) is 9.39 Å². The van der Waals surface area contributed by atoms with Crippen LogP contribution in [0.2, 0.25) is 0 Å². The third-order valence-electron chi connectivity index (χ3n) is 3.89. The molecule has 0 radical (unpaired) electrons. The second-order valence-electron chi connectivity index (χ2n) is 5.82. The lowest BCUT2D eigenvalue weighted by molar-refractivity contribution is -0.128. The van der Waals surface area contributed by atoms with Crippen LogP contribution in [0.25, 0.3) is 0 Å². The minimum atomic E-state index is -0.520. The number of hydrogen-bond acceptors (Lipinski definition) is 4. The molecule has 2 aromatic carbocycles. The molecule has 0 aromatic heterocycles. The van der Waals surface area contributed by atoms with Crippen LogP contribution in [0.5, 0.6) is 0 Å². The van der Waals surface area contributed by atoms with Gasteiger partial charge >= 0.3 is 0 Å². The first-order chi connectivity index (χ1) is 13.0. The lowest BCUT2D eigenvalue weighted by Crippen LogP contribution is -2.33. The number of rotatable bonds is 5. The average molecular weight is 497 g/mol. The monoisotopic (exact) mass is 497 g/mol. The summed E-state index contributed by atoms with van der Waals surface area (Å²) in [5.41, 5.74) is 1.26. The van der Waals surface area contributed by atoms with Gasteiger partial charge in [-0.15, -0.1) is 0 Å². The van der Waals surface area contributed by atoms with Crippen molar-refractivity contribution in [3.63, 3.8) is 0 Å². The highest BCUT2D eigenvalue weighted by Crippen LogP contribution is 2.31. The maximum absolute atomic E-state index is 12.9. The van der Waals surface area contributed by atoms with Gasteiger partial charge in [0.05, 0.1) is 5.69 Å². The van der Waals surface area contributed by atoms with Crippen LogP contribution in [0.4, 0.5) is 15.8 Å². The number of benzene rings is 2. The molecule has 2 aromatic rings. The molecule has 27 heavy (non-hydrogen) atoms. The fourth-order valence-electron chi connectivity index (χ4n) is 2.56. The first-order valence-electron chi connectivity index (χ1n) is 8.34. The molecule has 1 aliphatic heterocycles. The van der Waals surface area contributed by atoms with E-state index in [4.69, 9.17) is 0 Å². The number of amidine groups is 1. The van der Waals surface area contributed by atoms with Crippen molar-refractivity contribution in [2.24, 2.45) is 4.99 Å². The van der Waals surface area contributed by atoms with Crippen molar-refractivity contribution in [2.45, 2.75) is 18.6 Å². The van der Waals surface area contributed by atoms with Gasteiger partial charge in [-0.05, 0) is 78.0 Å². The topological polar surface area (TPSA) is 61.8 Å². The number of halogens is 2. The normalized spacial score (nSPS) is 18.2. The van der Waals surface area contributed by atoms with E-state index in [1.54, 1.807) is 4.90 Å². The summed E-state index contributed by atoms with van der Waals surface area (Å²) in [5, 5.41) is 2.77. The Morgan fingerprint density at radius 1 is 1.22 bits per heavy atom. The van der Waals surface area contributed by atoms with Gasteiger partial charge in [0.15, 0.2) is 5.17 Å². The van der Waals surface area contributed by atoms with Crippen LogP contribution in [0.1, 0.15) is 13.3 Å². The van der Waals surface area contributed by atoms with Crippen molar-refractivity contribution in [2.75, 3.05) is 11.9 Å². The summed E-state index contributed by atoms with van der Waals surface area (Å²) in [7, 11) is 0. The number of aliphatic imine (C=N–C) groups is 1. The summed E-state index contributed by atoms with van der Waals surface area (Å²) in [5.74, 6) is -0.787. The molecule has 0 unspecified atom stereocenters. The summed E-state index contributed by atoms with van der Waals surface area (Å²) in [6.07, 6.45) is 0.0308. The molecular formula is C19H17FIN3O2S. The van der Waals surface area contributed by atoms with E-state index in [1.807, 2.05) is 31.2 Å². The highest BCUT2D eigenvalue weighted by Gasteiger charge is 2.38. The summed E-state index contributed by atoms with van der Waals surface area (Å²) in [6, 6.07) is 13.2.